The smallest absolute Gasteiger partial charge is 0.315 e. The van der Waals surface area contributed by atoms with Crippen molar-refractivity contribution in [2.24, 2.45) is 0 Å². The molecule has 1 saturated heterocycles. The fourth-order valence-corrected chi connectivity index (χ4v) is 2.43. The molecule has 20 heavy (non-hydrogen) atoms. The number of hydrogen-bond acceptors (Lipinski definition) is 2. The average molecular weight is 276 g/mol. The van der Waals surface area contributed by atoms with E-state index in [1.54, 1.807) is 0 Å². The number of nitrogens with one attached hydrogen (secondary N) is 2. The summed E-state index contributed by atoms with van der Waals surface area (Å²) < 4.78 is 5.27. The van der Waals surface area contributed by atoms with Gasteiger partial charge >= 0.3 is 6.03 Å². The third-order valence-corrected chi connectivity index (χ3v) is 3.79. The Bertz CT molecular complexity index is 402. The van der Waals surface area contributed by atoms with E-state index in [1.165, 1.54) is 5.56 Å². The average Bonchev–Trinajstić information content (AvgIpc) is 2.49. The van der Waals surface area contributed by atoms with Crippen LogP contribution in [0, 0.1) is 0 Å². The molecule has 1 aromatic carbocycles. The lowest BCUT2D eigenvalue weighted by Crippen LogP contribution is -2.44. The molecule has 1 unspecified atom stereocenters. The summed E-state index contributed by atoms with van der Waals surface area (Å²) >= 11 is 0. The van der Waals surface area contributed by atoms with Crippen LogP contribution in [0.4, 0.5) is 4.79 Å². The van der Waals surface area contributed by atoms with Crippen LogP contribution in [-0.4, -0.2) is 31.8 Å². The maximum Gasteiger partial charge on any atom is 0.315 e. The maximum atomic E-state index is 11.8. The third-order valence-electron chi connectivity index (χ3n) is 3.79. The first kappa shape index (κ1) is 14.9. The number of hydrogen-bond donors (Lipinski definition) is 2. The summed E-state index contributed by atoms with van der Waals surface area (Å²) in [5, 5.41) is 5.94. The van der Waals surface area contributed by atoms with E-state index in [-0.39, 0.29) is 12.1 Å². The van der Waals surface area contributed by atoms with Crippen LogP contribution in [0.1, 0.15) is 37.7 Å². The summed E-state index contributed by atoms with van der Waals surface area (Å²) in [5.41, 5.74) is 1.32. The van der Waals surface area contributed by atoms with Crippen molar-refractivity contribution >= 4 is 6.03 Å². The molecule has 0 bridgehead atoms. The predicted octanol–water partition coefficient (Wildman–Crippen LogP) is 2.66. The van der Waals surface area contributed by atoms with Gasteiger partial charge < -0.3 is 15.4 Å². The van der Waals surface area contributed by atoms with Gasteiger partial charge in [0.1, 0.15) is 0 Å². The highest BCUT2D eigenvalue weighted by Gasteiger charge is 2.15. The Kier molecular flexibility index (Phi) is 5.87. The second-order valence-corrected chi connectivity index (χ2v) is 5.39. The molecule has 0 saturated carbocycles. The van der Waals surface area contributed by atoms with Gasteiger partial charge in [0.2, 0.25) is 0 Å². The van der Waals surface area contributed by atoms with Gasteiger partial charge in [-0.25, -0.2) is 4.79 Å². The SMILES string of the molecule is CC(CCNC(=O)NC1CCOCC1)c1ccccc1. The summed E-state index contributed by atoms with van der Waals surface area (Å²) in [6.07, 6.45) is 2.77. The van der Waals surface area contributed by atoms with Crippen molar-refractivity contribution in [3.63, 3.8) is 0 Å². The first-order valence-corrected chi connectivity index (χ1v) is 7.43. The Labute approximate surface area is 120 Å². The van der Waals surface area contributed by atoms with Crippen molar-refractivity contribution in [1.82, 2.24) is 10.6 Å². The van der Waals surface area contributed by atoms with Gasteiger partial charge in [-0.15, -0.1) is 0 Å². The molecular weight excluding hydrogens is 252 g/mol. The lowest BCUT2D eigenvalue weighted by atomic mass is 9.98. The van der Waals surface area contributed by atoms with E-state index in [0.717, 1.165) is 32.5 Å². The molecule has 0 aromatic heterocycles. The Morgan fingerprint density at radius 3 is 2.70 bits per heavy atom. The zero-order chi connectivity index (χ0) is 14.2. The predicted molar refractivity (Wildman–Crippen MR) is 79.8 cm³/mol. The van der Waals surface area contributed by atoms with Crippen LogP contribution >= 0.6 is 0 Å². The molecule has 1 aliphatic heterocycles. The van der Waals surface area contributed by atoms with E-state index in [1.807, 2.05) is 6.07 Å². The first-order valence-electron chi connectivity index (χ1n) is 7.43. The molecule has 4 heteroatoms. The van der Waals surface area contributed by atoms with E-state index < -0.39 is 0 Å². The molecule has 2 amide bonds. The number of urea groups is 1. The summed E-state index contributed by atoms with van der Waals surface area (Å²) in [6.45, 7) is 4.38. The van der Waals surface area contributed by atoms with Crippen LogP contribution in [0.3, 0.4) is 0 Å². The molecular formula is C16H24N2O2. The van der Waals surface area contributed by atoms with Crippen molar-refractivity contribution in [3.8, 4) is 0 Å². The quantitative estimate of drug-likeness (QED) is 0.868. The minimum absolute atomic E-state index is 0.0582. The molecule has 2 N–H and O–H groups in total. The van der Waals surface area contributed by atoms with E-state index >= 15 is 0 Å². The van der Waals surface area contributed by atoms with Gasteiger partial charge in [-0.1, -0.05) is 37.3 Å². The number of ether oxygens (including phenoxy) is 1. The lowest BCUT2D eigenvalue weighted by molar-refractivity contribution is 0.0801. The summed E-state index contributed by atoms with van der Waals surface area (Å²) in [4.78, 5) is 11.8. The number of amides is 2. The van der Waals surface area contributed by atoms with Crippen molar-refractivity contribution < 1.29 is 9.53 Å². The van der Waals surface area contributed by atoms with Gasteiger partial charge in [-0.05, 0) is 30.7 Å². The van der Waals surface area contributed by atoms with E-state index in [2.05, 4.69) is 41.8 Å². The topological polar surface area (TPSA) is 50.4 Å². The maximum absolute atomic E-state index is 11.8. The number of rotatable bonds is 5. The fourth-order valence-electron chi connectivity index (χ4n) is 2.43. The fraction of sp³-hybridized carbons (Fsp3) is 0.562. The van der Waals surface area contributed by atoms with Gasteiger partial charge in [0, 0.05) is 25.8 Å². The first-order chi connectivity index (χ1) is 9.75. The van der Waals surface area contributed by atoms with E-state index in [0.29, 0.717) is 12.5 Å². The second kappa shape index (κ2) is 7.90. The monoisotopic (exact) mass is 276 g/mol. The molecule has 0 aliphatic carbocycles. The van der Waals surface area contributed by atoms with Gasteiger partial charge in [0.15, 0.2) is 0 Å². The molecule has 1 heterocycles. The van der Waals surface area contributed by atoms with Crippen LogP contribution in [0.25, 0.3) is 0 Å². The van der Waals surface area contributed by atoms with Crippen molar-refractivity contribution in [3.05, 3.63) is 35.9 Å². The summed E-state index contributed by atoms with van der Waals surface area (Å²) in [7, 11) is 0. The molecule has 1 fully saturated rings. The van der Waals surface area contributed by atoms with Crippen molar-refractivity contribution in [1.29, 1.82) is 0 Å². The standard InChI is InChI=1S/C16H24N2O2/c1-13(14-5-3-2-4-6-14)7-10-17-16(19)18-15-8-11-20-12-9-15/h2-6,13,15H,7-12H2,1H3,(H2,17,18,19). The minimum atomic E-state index is -0.0582. The second-order valence-electron chi connectivity index (χ2n) is 5.39. The Hall–Kier alpha value is -1.55. The highest BCUT2D eigenvalue weighted by atomic mass is 16.5. The summed E-state index contributed by atoms with van der Waals surface area (Å²) in [5.74, 6) is 0.458. The molecule has 110 valence electrons. The zero-order valence-electron chi connectivity index (χ0n) is 12.1. The van der Waals surface area contributed by atoms with Crippen LogP contribution < -0.4 is 10.6 Å². The molecule has 0 spiro atoms. The van der Waals surface area contributed by atoms with Crippen LogP contribution in [-0.2, 0) is 4.74 Å². The molecule has 4 nitrogen and oxygen atoms in total. The molecule has 1 aromatic rings. The molecule has 2 rings (SSSR count). The zero-order valence-corrected chi connectivity index (χ0v) is 12.1. The Morgan fingerprint density at radius 1 is 1.30 bits per heavy atom. The largest absolute Gasteiger partial charge is 0.381 e. The molecule has 1 atom stereocenters. The molecule has 1 aliphatic rings. The normalized spacial score (nSPS) is 17.4. The summed E-state index contributed by atoms with van der Waals surface area (Å²) in [6, 6.07) is 10.6. The van der Waals surface area contributed by atoms with Crippen molar-refractivity contribution in [2.45, 2.75) is 38.1 Å². The lowest BCUT2D eigenvalue weighted by Gasteiger charge is -2.23. The number of carbonyl (C=O) groups is 1. The van der Waals surface area contributed by atoms with Crippen LogP contribution in [0.5, 0.6) is 0 Å². The minimum Gasteiger partial charge on any atom is -0.381 e. The number of benzene rings is 1. The Balaban J connectivity index is 1.63. The van der Waals surface area contributed by atoms with Gasteiger partial charge in [-0.2, -0.15) is 0 Å². The van der Waals surface area contributed by atoms with E-state index in [4.69, 9.17) is 4.74 Å². The molecule has 0 radical (unpaired) electrons. The third kappa shape index (κ3) is 4.85. The highest BCUT2D eigenvalue weighted by molar-refractivity contribution is 5.74. The van der Waals surface area contributed by atoms with Gasteiger partial charge in [0.05, 0.1) is 0 Å². The number of carbonyl (C=O) groups excluding carboxylic acids is 1. The van der Waals surface area contributed by atoms with Gasteiger partial charge in [0.25, 0.3) is 0 Å². The van der Waals surface area contributed by atoms with Gasteiger partial charge in [-0.3, -0.25) is 0 Å². The van der Waals surface area contributed by atoms with Crippen LogP contribution in [0.15, 0.2) is 30.3 Å². The van der Waals surface area contributed by atoms with Crippen LogP contribution in [0.2, 0.25) is 0 Å². The Morgan fingerprint density at radius 2 is 2.00 bits per heavy atom. The van der Waals surface area contributed by atoms with E-state index in [9.17, 15) is 4.79 Å². The van der Waals surface area contributed by atoms with Crippen molar-refractivity contribution in [2.75, 3.05) is 19.8 Å². The highest BCUT2D eigenvalue weighted by Crippen LogP contribution is 2.17.